The monoisotopic (exact) mass is 501 g/mol. The largest absolute Gasteiger partial charge is 0.378 e. The topological polar surface area (TPSA) is 96.5 Å². The molecule has 0 aliphatic carbocycles. The molecule has 1 aromatic heterocycles. The van der Waals surface area contributed by atoms with E-state index in [2.05, 4.69) is 24.9 Å². The third-order valence-corrected chi connectivity index (χ3v) is 7.24. The van der Waals surface area contributed by atoms with Gasteiger partial charge in [-0.15, -0.1) is 0 Å². The van der Waals surface area contributed by atoms with Crippen LogP contribution in [0, 0.1) is 6.92 Å². The zero-order valence-electron chi connectivity index (χ0n) is 19.9. The molecule has 0 atom stereocenters. The summed E-state index contributed by atoms with van der Waals surface area (Å²) in [5, 5.41) is 3.21. The molecule has 4 aromatic rings. The molecule has 1 aliphatic rings. The Morgan fingerprint density at radius 1 is 0.806 bits per heavy atom. The number of nitrogens with zero attached hydrogens (tertiary/aromatic N) is 3. The van der Waals surface area contributed by atoms with Gasteiger partial charge in [-0.05, 0) is 54.4 Å². The second kappa shape index (κ2) is 10.3. The van der Waals surface area contributed by atoms with Crippen molar-refractivity contribution in [3.05, 3.63) is 90.6 Å². The molecule has 2 N–H and O–H groups in total. The molecule has 1 fully saturated rings. The molecule has 8 nitrogen and oxygen atoms in total. The Hall–Kier alpha value is -3.95. The number of anilines is 4. The van der Waals surface area contributed by atoms with Crippen LogP contribution in [0.2, 0.25) is 0 Å². The molecular weight excluding hydrogens is 474 g/mol. The predicted octanol–water partition coefficient (Wildman–Crippen LogP) is 4.83. The van der Waals surface area contributed by atoms with Crippen LogP contribution in [0.1, 0.15) is 5.69 Å². The fourth-order valence-corrected chi connectivity index (χ4v) is 5.04. The number of aromatic nitrogens is 2. The van der Waals surface area contributed by atoms with E-state index in [-0.39, 0.29) is 4.90 Å². The van der Waals surface area contributed by atoms with E-state index < -0.39 is 10.0 Å². The average Bonchev–Trinajstić information content (AvgIpc) is 2.90. The number of aryl methyl sites for hydroxylation is 1. The summed E-state index contributed by atoms with van der Waals surface area (Å²) in [6.07, 6.45) is 0. The first kappa shape index (κ1) is 23.8. The van der Waals surface area contributed by atoms with Gasteiger partial charge in [-0.3, -0.25) is 4.72 Å². The number of benzene rings is 3. The summed E-state index contributed by atoms with van der Waals surface area (Å²) in [4.78, 5) is 11.5. The minimum atomic E-state index is -3.72. The zero-order chi connectivity index (χ0) is 25.0. The fourth-order valence-electron chi connectivity index (χ4n) is 3.98. The highest BCUT2D eigenvalue weighted by Gasteiger charge is 2.16. The summed E-state index contributed by atoms with van der Waals surface area (Å²) >= 11 is 0. The molecule has 0 unspecified atom stereocenters. The molecule has 1 aliphatic heterocycles. The van der Waals surface area contributed by atoms with Crippen LogP contribution in [0.15, 0.2) is 89.8 Å². The average molecular weight is 502 g/mol. The third kappa shape index (κ3) is 5.64. The highest BCUT2D eigenvalue weighted by Crippen LogP contribution is 2.24. The number of hydrogen-bond donors (Lipinski definition) is 2. The highest BCUT2D eigenvalue weighted by atomic mass is 32.2. The molecule has 3 aromatic carbocycles. The van der Waals surface area contributed by atoms with Crippen molar-refractivity contribution >= 4 is 33.2 Å². The van der Waals surface area contributed by atoms with Crippen molar-refractivity contribution in [1.29, 1.82) is 0 Å². The van der Waals surface area contributed by atoms with Crippen molar-refractivity contribution in [1.82, 2.24) is 9.97 Å². The molecule has 0 radical (unpaired) electrons. The van der Waals surface area contributed by atoms with Gasteiger partial charge in [0.15, 0.2) is 0 Å². The summed E-state index contributed by atoms with van der Waals surface area (Å²) in [5.74, 6) is 1.35. The molecule has 5 rings (SSSR count). The smallest absolute Gasteiger partial charge is 0.261 e. The van der Waals surface area contributed by atoms with Gasteiger partial charge >= 0.3 is 0 Å². The van der Waals surface area contributed by atoms with E-state index in [1.165, 1.54) is 0 Å². The van der Waals surface area contributed by atoms with E-state index >= 15 is 0 Å². The molecule has 0 spiro atoms. The van der Waals surface area contributed by atoms with E-state index in [9.17, 15) is 8.42 Å². The van der Waals surface area contributed by atoms with E-state index in [0.29, 0.717) is 24.8 Å². The summed E-state index contributed by atoms with van der Waals surface area (Å²) in [6, 6.07) is 25.6. The van der Waals surface area contributed by atoms with E-state index in [1.54, 1.807) is 36.4 Å². The lowest BCUT2D eigenvalue weighted by molar-refractivity contribution is 0.122. The minimum absolute atomic E-state index is 0.202. The summed E-state index contributed by atoms with van der Waals surface area (Å²) in [6.45, 7) is 4.88. The molecule has 184 valence electrons. The Morgan fingerprint density at radius 3 is 2.14 bits per heavy atom. The Balaban J connectivity index is 1.26. The van der Waals surface area contributed by atoms with Gasteiger partial charge in [0.1, 0.15) is 5.82 Å². The first-order chi connectivity index (χ1) is 17.5. The van der Waals surface area contributed by atoms with Crippen molar-refractivity contribution in [3.63, 3.8) is 0 Å². The van der Waals surface area contributed by atoms with Crippen LogP contribution >= 0.6 is 0 Å². The summed E-state index contributed by atoms with van der Waals surface area (Å²) in [5.41, 5.74) is 4.07. The Kier molecular flexibility index (Phi) is 6.84. The van der Waals surface area contributed by atoms with Crippen molar-refractivity contribution in [2.24, 2.45) is 0 Å². The van der Waals surface area contributed by atoms with Gasteiger partial charge in [0.05, 0.1) is 18.1 Å². The van der Waals surface area contributed by atoms with Crippen LogP contribution in [0.3, 0.4) is 0 Å². The maximum atomic E-state index is 12.9. The molecule has 1 saturated heterocycles. The minimum Gasteiger partial charge on any atom is -0.378 e. The zero-order valence-corrected chi connectivity index (χ0v) is 20.7. The number of hydrogen-bond acceptors (Lipinski definition) is 7. The molecular formula is C27H27N5O3S. The van der Waals surface area contributed by atoms with Gasteiger partial charge in [-0.25, -0.2) is 13.4 Å². The van der Waals surface area contributed by atoms with Crippen LogP contribution in [0.25, 0.3) is 11.1 Å². The number of sulfonamides is 1. The van der Waals surface area contributed by atoms with Gasteiger partial charge in [-0.1, -0.05) is 42.5 Å². The molecule has 0 amide bonds. The van der Waals surface area contributed by atoms with Gasteiger partial charge in [-0.2, -0.15) is 4.98 Å². The van der Waals surface area contributed by atoms with Crippen LogP contribution in [0.5, 0.6) is 0 Å². The number of morpholine rings is 1. The highest BCUT2D eigenvalue weighted by molar-refractivity contribution is 7.92. The van der Waals surface area contributed by atoms with Crippen molar-refractivity contribution < 1.29 is 13.2 Å². The van der Waals surface area contributed by atoms with Crippen LogP contribution in [-0.2, 0) is 14.8 Å². The maximum Gasteiger partial charge on any atom is 0.261 e. The number of ether oxygens (including phenoxy) is 1. The fraction of sp³-hybridized carbons (Fsp3) is 0.185. The maximum absolute atomic E-state index is 12.9. The Bertz CT molecular complexity index is 1420. The van der Waals surface area contributed by atoms with Crippen LogP contribution < -0.4 is 14.9 Å². The SMILES string of the molecule is Cc1cc(N2CCOCC2)nc(Nc2ccc(NS(=O)(=O)c3ccc(-c4ccccc4)cc3)cc2)n1. The van der Waals surface area contributed by atoms with Crippen molar-refractivity contribution in [2.45, 2.75) is 11.8 Å². The van der Waals surface area contributed by atoms with Gasteiger partial charge < -0.3 is 15.0 Å². The predicted molar refractivity (Wildman–Crippen MR) is 142 cm³/mol. The van der Waals surface area contributed by atoms with Gasteiger partial charge in [0.2, 0.25) is 5.95 Å². The lowest BCUT2D eigenvalue weighted by atomic mass is 10.1. The van der Waals surface area contributed by atoms with E-state index in [4.69, 9.17) is 4.74 Å². The molecule has 0 saturated carbocycles. The quantitative estimate of drug-likeness (QED) is 0.374. The first-order valence-electron chi connectivity index (χ1n) is 11.7. The second-order valence-electron chi connectivity index (χ2n) is 8.49. The first-order valence-corrected chi connectivity index (χ1v) is 13.2. The molecule has 0 bridgehead atoms. The standard InChI is InChI=1S/C27H27N5O3S/c1-20-19-26(32-15-17-35-18-16-32)30-27(28-20)29-23-9-11-24(12-10-23)31-36(33,34)25-13-7-22(8-14-25)21-5-3-2-4-6-21/h2-14,19,31H,15-18H2,1H3,(H,28,29,30). The van der Waals surface area contributed by atoms with Crippen LogP contribution in [-0.4, -0.2) is 44.7 Å². The molecule has 36 heavy (non-hydrogen) atoms. The number of rotatable bonds is 7. The van der Waals surface area contributed by atoms with Gasteiger partial charge in [0, 0.05) is 36.2 Å². The van der Waals surface area contributed by atoms with E-state index in [1.807, 2.05) is 55.5 Å². The van der Waals surface area contributed by atoms with Crippen molar-refractivity contribution in [2.75, 3.05) is 41.2 Å². The molecule has 9 heteroatoms. The third-order valence-electron chi connectivity index (χ3n) is 5.84. The second-order valence-corrected chi connectivity index (χ2v) is 10.2. The Labute approximate surface area is 211 Å². The Morgan fingerprint density at radius 2 is 1.44 bits per heavy atom. The van der Waals surface area contributed by atoms with Crippen LogP contribution in [0.4, 0.5) is 23.1 Å². The lowest BCUT2D eigenvalue weighted by Gasteiger charge is -2.28. The summed E-state index contributed by atoms with van der Waals surface area (Å²) in [7, 11) is -3.72. The lowest BCUT2D eigenvalue weighted by Crippen LogP contribution is -2.36. The van der Waals surface area contributed by atoms with E-state index in [0.717, 1.165) is 41.4 Å². The summed E-state index contributed by atoms with van der Waals surface area (Å²) < 4.78 is 33.8. The normalized spacial score (nSPS) is 13.9. The van der Waals surface area contributed by atoms with Gasteiger partial charge in [0.25, 0.3) is 10.0 Å². The number of nitrogens with one attached hydrogen (secondary N) is 2. The van der Waals surface area contributed by atoms with Crippen molar-refractivity contribution in [3.8, 4) is 11.1 Å². The molecule has 2 heterocycles.